The van der Waals surface area contributed by atoms with Gasteiger partial charge < -0.3 is 20.8 Å². The maximum Gasteiger partial charge on any atom is 0.425 e. The zero-order valence-electron chi connectivity index (χ0n) is 44.0. The minimum atomic E-state index is -5.46. The fourth-order valence-corrected chi connectivity index (χ4v) is 12.8. The number of thiazole rings is 1. The number of aromatic nitrogens is 3. The fraction of sp³-hybridized carbons (Fsp3) is 0.0500. The summed E-state index contributed by atoms with van der Waals surface area (Å²) in [5.41, 5.74) is -4.80. The van der Waals surface area contributed by atoms with E-state index in [0.717, 1.165) is 60.0 Å². The molecule has 0 saturated heterocycles. The summed E-state index contributed by atoms with van der Waals surface area (Å²) >= 11 is 0.731. The minimum Gasteiger partial charge on any atom is -0.505 e. The van der Waals surface area contributed by atoms with E-state index in [1.807, 2.05) is 0 Å². The van der Waals surface area contributed by atoms with E-state index in [2.05, 4.69) is 51.4 Å². The number of rotatable bonds is 17. The summed E-state index contributed by atoms with van der Waals surface area (Å²) in [5, 5.41) is 50.3. The quantitative estimate of drug-likeness (QED) is 0.0460. The van der Waals surface area contributed by atoms with Gasteiger partial charge in [-0.3, -0.25) is 31.9 Å². The molecule has 0 atom stereocenters. The van der Waals surface area contributed by atoms with Gasteiger partial charge >= 0.3 is 33.4 Å². The van der Waals surface area contributed by atoms with Gasteiger partial charge in [-0.25, -0.2) is 9.78 Å². The van der Waals surface area contributed by atoms with Gasteiger partial charge in [0.1, 0.15) is 52.7 Å². The second-order valence-electron chi connectivity index (χ2n) is 16.7. The standard InChI is InChI=1S/C39H29N11O24S8.CO2.2O3S/c51-35-19-4-7-24(45-48-28-16-41-50(37(28)52)17-10-21-22(31(11-17)79(63,64)65)12-18(77(57,58)59)13-32(21)80(66,67)68)36(82(72,73)74)20(19)5-6-23(35)44-47-27-14-25(42-38(53)40-8-9-76(54,55)56)26(15-33(27)81(69,70)71)46-49-39-43-34-29(75-39)2-1-3-30(34)78(60,61)62;2-1-3;2*1-4(2)3/h1-7,10-16,51-52H,8-9H2,(H2,40,42,53)(H,54,55,56)(H,57,58,59)(H,60,61,62)(H,63,64,65)(H,66,67,68)(H,69,70,71)(H,72,73,74);;;. The molecule has 0 bridgehead atoms. The van der Waals surface area contributed by atoms with Crippen molar-refractivity contribution in [1.82, 2.24) is 20.1 Å². The van der Waals surface area contributed by atoms with Crippen molar-refractivity contribution < 1.29 is 141 Å². The molecule has 2 amide bonds. The maximum absolute atomic E-state index is 12.9. The number of phenols is 1. The summed E-state index contributed by atoms with van der Waals surface area (Å²) in [7, 11) is -42.5. The van der Waals surface area contributed by atoms with Crippen LogP contribution in [0.25, 0.3) is 37.4 Å². The van der Waals surface area contributed by atoms with Crippen LogP contribution in [-0.4, -0.2) is 166 Å². The lowest BCUT2D eigenvalue weighted by Crippen LogP contribution is -2.32. The Kier molecular flexibility index (Phi) is 22.9. The number of aromatic hydroxyl groups is 2. The first-order valence-electron chi connectivity index (χ1n) is 22.6. The first-order valence-corrected chi connectivity index (χ1v) is 35.6. The van der Waals surface area contributed by atoms with Crippen molar-refractivity contribution in [1.29, 1.82) is 0 Å². The second kappa shape index (κ2) is 28.6. The Hall–Kier alpha value is -9.40. The van der Waals surface area contributed by atoms with Gasteiger partial charge in [0.05, 0.1) is 32.9 Å². The number of phenolic OH excluding ortho intramolecular Hbond substituents is 1. The van der Waals surface area contributed by atoms with Gasteiger partial charge in [0.15, 0.2) is 11.4 Å². The highest BCUT2D eigenvalue weighted by atomic mass is 32.2. The molecule has 0 aliphatic rings. The molecule has 2 aromatic heterocycles. The van der Waals surface area contributed by atoms with Crippen molar-refractivity contribution in [2.45, 2.75) is 29.4 Å². The molecule has 0 spiro atoms. The van der Waals surface area contributed by atoms with Crippen molar-refractivity contribution >= 4 is 187 Å². The van der Waals surface area contributed by atoms with Crippen LogP contribution in [0.5, 0.6) is 11.6 Å². The van der Waals surface area contributed by atoms with E-state index in [0.29, 0.717) is 22.9 Å². The van der Waals surface area contributed by atoms with E-state index in [9.17, 15) is 101 Å². The molecule has 8 aromatic rings. The molecule has 0 fully saturated rings. The summed E-state index contributed by atoms with van der Waals surface area (Å²) in [6.07, 6.45) is 0.974. The van der Waals surface area contributed by atoms with Crippen LogP contribution in [0.3, 0.4) is 0 Å². The van der Waals surface area contributed by atoms with Gasteiger partial charge in [-0.15, -0.1) is 55.9 Å². The molecule has 0 radical (unpaired) electrons. The van der Waals surface area contributed by atoms with Crippen molar-refractivity contribution in [2.75, 3.05) is 17.6 Å². The fourth-order valence-electron chi connectivity index (χ4n) is 7.38. The van der Waals surface area contributed by atoms with E-state index in [1.165, 1.54) is 12.1 Å². The molecule has 43 nitrogen and oxygen atoms in total. The first-order chi connectivity index (χ1) is 42.7. The van der Waals surface area contributed by atoms with Crippen molar-refractivity contribution in [3.63, 3.8) is 0 Å². The number of nitrogens with one attached hydrogen (secondary N) is 2. The van der Waals surface area contributed by atoms with Crippen molar-refractivity contribution in [2.24, 2.45) is 30.7 Å². The van der Waals surface area contributed by atoms with Crippen LogP contribution >= 0.6 is 11.3 Å². The van der Waals surface area contributed by atoms with Crippen LogP contribution < -0.4 is 10.6 Å². The Labute approximate surface area is 523 Å². The molecule has 0 saturated carbocycles. The Balaban J connectivity index is 0.00000132. The maximum atomic E-state index is 12.9. The molecule has 496 valence electrons. The number of hydrogen-bond acceptors (Lipinski definition) is 34. The second-order valence-corrected chi connectivity index (χ2v) is 28.5. The largest absolute Gasteiger partial charge is 0.505 e. The number of urea groups is 1. The summed E-state index contributed by atoms with van der Waals surface area (Å²) in [5.74, 6) is -2.97. The number of fused-ring (bicyclic) bond motifs is 3. The summed E-state index contributed by atoms with van der Waals surface area (Å²) in [4.78, 5) is 26.6. The molecule has 6 aromatic carbocycles. The third kappa shape index (κ3) is 19.6. The number of para-hydroxylation sites is 1. The van der Waals surface area contributed by atoms with Gasteiger partial charge in [-0.1, -0.05) is 23.5 Å². The monoisotopic (exact) mass is 1490 g/mol. The van der Waals surface area contributed by atoms with Crippen LogP contribution in [0.15, 0.2) is 145 Å². The van der Waals surface area contributed by atoms with E-state index in [1.54, 1.807) is 0 Å². The van der Waals surface area contributed by atoms with Crippen LogP contribution in [0, 0.1) is 0 Å². The number of benzene rings is 6. The molecule has 93 heavy (non-hydrogen) atoms. The topological polar surface area (TPSA) is 704 Å². The Bertz CT molecular complexity index is 5600. The number of hydrogen-bond donors (Lipinski definition) is 11. The Morgan fingerprint density at radius 3 is 1.59 bits per heavy atom. The van der Waals surface area contributed by atoms with E-state index < -0.39 is 213 Å². The number of carbonyl (C=O) groups excluding carboxylic acids is 3. The third-order valence-corrected chi connectivity index (χ3v) is 17.7. The van der Waals surface area contributed by atoms with E-state index in [4.69, 9.17) is 39.4 Å². The highest BCUT2D eigenvalue weighted by Gasteiger charge is 2.29. The average Bonchev–Trinajstić information content (AvgIpc) is 1.14. The SMILES string of the molecule is O=C(NCCS(=O)(=O)O)Nc1cc(N=Nc2ccc3c(S(=O)(=O)O)c(N=Nc4cnn(-c5cc(S(=O)(=O)O)c6cc(S(=O)(=O)O)cc(S(=O)(=O)O)c6c5)c4O)ccc3c2O)c(S(=O)(=O)O)cc1N=Nc1nc2c(S(=O)(=O)O)cccc2s1.O=C=O.O=S(=O)=O.O=S(=O)=O. The predicted molar refractivity (Wildman–Crippen MR) is 304 cm³/mol. The lowest BCUT2D eigenvalue weighted by Gasteiger charge is -2.13. The number of carbonyl (C=O) groups is 1. The van der Waals surface area contributed by atoms with E-state index in [-0.39, 0.29) is 27.6 Å². The van der Waals surface area contributed by atoms with Gasteiger partial charge in [-0.05, 0) is 66.7 Å². The molecular weight excluding hydrogens is 1470 g/mol. The molecule has 0 aliphatic carbocycles. The normalized spacial score (nSPS) is 12.4. The number of anilines is 1. The molecule has 8 rings (SSSR count). The Morgan fingerprint density at radius 1 is 0.538 bits per heavy atom. The zero-order valence-corrected chi connectivity index (χ0v) is 52.2. The molecule has 2 heterocycles. The zero-order chi connectivity index (χ0) is 70.3. The number of azo groups is 3. The number of amides is 2. The Morgan fingerprint density at radius 2 is 1.04 bits per heavy atom. The molecular formula is C40H29N11O32S10. The predicted octanol–water partition coefficient (Wildman–Crippen LogP) is 3.34. The highest BCUT2D eigenvalue weighted by Crippen LogP contribution is 2.45. The van der Waals surface area contributed by atoms with Crippen molar-refractivity contribution in [3.05, 3.63) is 85.1 Å². The van der Waals surface area contributed by atoms with Crippen LogP contribution in [-0.2, 0) is 102 Å². The number of nitrogens with zero attached hydrogens (tertiary/aromatic N) is 9. The molecule has 11 N–H and O–H groups in total. The summed E-state index contributed by atoms with van der Waals surface area (Å²) in [6.45, 7) is -0.682. The van der Waals surface area contributed by atoms with Gasteiger partial charge in [0.25, 0.3) is 70.8 Å². The molecule has 53 heteroatoms. The van der Waals surface area contributed by atoms with E-state index >= 15 is 0 Å². The van der Waals surface area contributed by atoms with Gasteiger partial charge in [0, 0.05) is 28.1 Å². The smallest absolute Gasteiger partial charge is 0.425 e. The average molecular weight is 1500 g/mol. The lowest BCUT2D eigenvalue weighted by molar-refractivity contribution is -0.191. The summed E-state index contributed by atoms with van der Waals surface area (Å²) in [6, 6.07) is 9.44. The van der Waals surface area contributed by atoms with Gasteiger partial charge in [-0.2, -0.15) is 78.3 Å². The van der Waals surface area contributed by atoms with Crippen LogP contribution in [0.2, 0.25) is 0 Å². The summed E-state index contributed by atoms with van der Waals surface area (Å²) < 4.78 is 291. The molecule has 0 aliphatic heterocycles. The third-order valence-electron chi connectivity index (χ3n) is 10.8. The van der Waals surface area contributed by atoms with Crippen LogP contribution in [0.1, 0.15) is 0 Å². The molecule has 0 unspecified atom stereocenters. The highest BCUT2D eigenvalue weighted by molar-refractivity contribution is 7.88. The van der Waals surface area contributed by atoms with Crippen LogP contribution in [0.4, 0.5) is 44.1 Å². The lowest BCUT2D eigenvalue weighted by atomic mass is 10.1. The minimum absolute atomic E-state index is 0.176. The van der Waals surface area contributed by atoms with Gasteiger partial charge in [0.2, 0.25) is 11.0 Å². The van der Waals surface area contributed by atoms with Crippen molar-refractivity contribution in [3.8, 4) is 17.3 Å². The first kappa shape index (κ1) is 74.3.